The Bertz CT molecular complexity index is 466. The van der Waals surface area contributed by atoms with Crippen molar-refractivity contribution >= 4 is 28.2 Å². The molecule has 2 aromatic rings. The van der Waals surface area contributed by atoms with Crippen LogP contribution in [0, 0.1) is 6.92 Å². The molecule has 0 aliphatic heterocycles. The van der Waals surface area contributed by atoms with E-state index in [9.17, 15) is 0 Å². The first-order valence-electron chi connectivity index (χ1n) is 4.00. The maximum absolute atomic E-state index is 5.98. The molecular formula is C10H9ClN2. The molecule has 0 atom stereocenters. The molecule has 2 N–H and O–H groups in total. The zero-order chi connectivity index (χ0) is 9.42. The Morgan fingerprint density at radius 3 is 2.92 bits per heavy atom. The standard InChI is InChI=1S/C10H9ClN2/c1-6-5-9(12)7-3-2-4-8(11)10(7)13-6/h2-5H,1H3,(H2,12,13). The summed E-state index contributed by atoms with van der Waals surface area (Å²) in [5, 5.41) is 1.56. The molecule has 0 spiro atoms. The van der Waals surface area contributed by atoms with E-state index in [1.807, 2.05) is 31.2 Å². The van der Waals surface area contributed by atoms with Gasteiger partial charge in [-0.2, -0.15) is 0 Å². The van der Waals surface area contributed by atoms with Crippen molar-refractivity contribution < 1.29 is 0 Å². The third kappa shape index (κ3) is 1.33. The van der Waals surface area contributed by atoms with Gasteiger partial charge in [0.2, 0.25) is 0 Å². The van der Waals surface area contributed by atoms with E-state index in [0.717, 1.165) is 22.3 Å². The predicted octanol–water partition coefficient (Wildman–Crippen LogP) is 2.78. The highest BCUT2D eigenvalue weighted by Gasteiger charge is 2.03. The van der Waals surface area contributed by atoms with Crippen molar-refractivity contribution in [1.82, 2.24) is 4.98 Å². The van der Waals surface area contributed by atoms with E-state index >= 15 is 0 Å². The number of anilines is 1. The van der Waals surface area contributed by atoms with Gasteiger partial charge in [0.15, 0.2) is 0 Å². The number of nitrogens with zero attached hydrogens (tertiary/aromatic N) is 1. The SMILES string of the molecule is Cc1cc(N)c2cccc(Cl)c2n1. The fourth-order valence-electron chi connectivity index (χ4n) is 1.37. The Labute approximate surface area is 81.3 Å². The van der Waals surface area contributed by atoms with Gasteiger partial charge >= 0.3 is 0 Å². The molecule has 2 rings (SSSR count). The summed E-state index contributed by atoms with van der Waals surface area (Å²) in [6.45, 7) is 1.90. The molecule has 2 nitrogen and oxygen atoms in total. The molecule has 66 valence electrons. The molecule has 0 amide bonds. The number of nitrogen functional groups attached to an aromatic ring is 1. The zero-order valence-electron chi connectivity index (χ0n) is 7.21. The first kappa shape index (κ1) is 8.32. The van der Waals surface area contributed by atoms with Gasteiger partial charge in [0, 0.05) is 16.8 Å². The number of aromatic nitrogens is 1. The molecule has 0 radical (unpaired) electrons. The van der Waals surface area contributed by atoms with Crippen LogP contribution < -0.4 is 5.73 Å². The number of rotatable bonds is 0. The Balaban J connectivity index is 2.94. The minimum atomic E-state index is 0.646. The number of hydrogen-bond donors (Lipinski definition) is 1. The molecule has 0 saturated heterocycles. The summed E-state index contributed by atoms with van der Waals surface area (Å²) >= 11 is 5.98. The normalized spacial score (nSPS) is 10.6. The number of fused-ring (bicyclic) bond motifs is 1. The van der Waals surface area contributed by atoms with E-state index in [4.69, 9.17) is 17.3 Å². The van der Waals surface area contributed by atoms with Crippen LogP contribution in [0.5, 0.6) is 0 Å². The molecule has 0 aliphatic carbocycles. The summed E-state index contributed by atoms with van der Waals surface area (Å²) in [5.74, 6) is 0. The van der Waals surface area contributed by atoms with E-state index in [1.54, 1.807) is 0 Å². The van der Waals surface area contributed by atoms with E-state index in [2.05, 4.69) is 4.98 Å². The number of hydrogen-bond acceptors (Lipinski definition) is 2. The molecule has 13 heavy (non-hydrogen) atoms. The van der Waals surface area contributed by atoms with Gasteiger partial charge in [0.25, 0.3) is 0 Å². The fourth-order valence-corrected chi connectivity index (χ4v) is 1.59. The first-order valence-corrected chi connectivity index (χ1v) is 4.37. The average Bonchev–Trinajstić information content (AvgIpc) is 2.07. The van der Waals surface area contributed by atoms with Crippen molar-refractivity contribution in [2.45, 2.75) is 6.92 Å². The van der Waals surface area contributed by atoms with E-state index in [0.29, 0.717) is 5.02 Å². The van der Waals surface area contributed by atoms with Crippen LogP contribution in [0.15, 0.2) is 24.3 Å². The lowest BCUT2D eigenvalue weighted by molar-refractivity contribution is 1.26. The summed E-state index contributed by atoms with van der Waals surface area (Å²) < 4.78 is 0. The van der Waals surface area contributed by atoms with Crippen molar-refractivity contribution in [2.75, 3.05) is 5.73 Å². The average molecular weight is 193 g/mol. The smallest absolute Gasteiger partial charge is 0.0911 e. The molecule has 0 fully saturated rings. The number of nitrogens with two attached hydrogens (primary N) is 1. The Morgan fingerprint density at radius 1 is 1.38 bits per heavy atom. The Morgan fingerprint density at radius 2 is 2.15 bits per heavy atom. The number of aryl methyl sites for hydroxylation is 1. The topological polar surface area (TPSA) is 38.9 Å². The molecule has 0 unspecified atom stereocenters. The quantitative estimate of drug-likeness (QED) is 0.697. The number of benzene rings is 1. The molecule has 0 bridgehead atoms. The van der Waals surface area contributed by atoms with Gasteiger partial charge in [0.1, 0.15) is 0 Å². The van der Waals surface area contributed by atoms with Crippen molar-refractivity contribution in [3.8, 4) is 0 Å². The highest BCUT2D eigenvalue weighted by molar-refractivity contribution is 6.35. The van der Waals surface area contributed by atoms with Crippen LogP contribution in [-0.2, 0) is 0 Å². The van der Waals surface area contributed by atoms with Gasteiger partial charge < -0.3 is 5.73 Å². The summed E-state index contributed by atoms with van der Waals surface area (Å²) in [4.78, 5) is 4.32. The minimum Gasteiger partial charge on any atom is -0.398 e. The number of para-hydroxylation sites is 1. The first-order chi connectivity index (χ1) is 6.18. The summed E-state index contributed by atoms with van der Waals surface area (Å²) in [5.41, 5.74) is 8.22. The lowest BCUT2D eigenvalue weighted by Crippen LogP contribution is -1.92. The van der Waals surface area contributed by atoms with E-state index < -0.39 is 0 Å². The second-order valence-corrected chi connectivity index (χ2v) is 3.40. The maximum atomic E-state index is 5.98. The van der Waals surface area contributed by atoms with Gasteiger partial charge in [-0.25, -0.2) is 0 Å². The molecule has 1 aromatic carbocycles. The van der Waals surface area contributed by atoms with Crippen LogP contribution in [-0.4, -0.2) is 4.98 Å². The maximum Gasteiger partial charge on any atom is 0.0911 e. The van der Waals surface area contributed by atoms with Gasteiger partial charge in [-0.15, -0.1) is 0 Å². The lowest BCUT2D eigenvalue weighted by Gasteiger charge is -2.03. The van der Waals surface area contributed by atoms with Crippen molar-refractivity contribution in [3.63, 3.8) is 0 Å². The van der Waals surface area contributed by atoms with Crippen LogP contribution in [0.25, 0.3) is 10.9 Å². The third-order valence-electron chi connectivity index (χ3n) is 1.95. The monoisotopic (exact) mass is 192 g/mol. The molecule has 0 saturated carbocycles. The fraction of sp³-hybridized carbons (Fsp3) is 0.100. The second kappa shape index (κ2) is 2.89. The highest BCUT2D eigenvalue weighted by atomic mass is 35.5. The van der Waals surface area contributed by atoms with Gasteiger partial charge in [-0.05, 0) is 19.1 Å². The summed E-state index contributed by atoms with van der Waals surface area (Å²) in [7, 11) is 0. The van der Waals surface area contributed by atoms with E-state index in [1.165, 1.54) is 0 Å². The molecule has 1 aromatic heterocycles. The number of halogens is 1. The van der Waals surface area contributed by atoms with Crippen molar-refractivity contribution in [2.24, 2.45) is 0 Å². The highest BCUT2D eigenvalue weighted by Crippen LogP contribution is 2.26. The van der Waals surface area contributed by atoms with Gasteiger partial charge in [-0.3, -0.25) is 4.98 Å². The van der Waals surface area contributed by atoms with Gasteiger partial charge in [-0.1, -0.05) is 23.7 Å². The zero-order valence-corrected chi connectivity index (χ0v) is 7.97. The molecular weight excluding hydrogens is 184 g/mol. The third-order valence-corrected chi connectivity index (χ3v) is 2.26. The van der Waals surface area contributed by atoms with Crippen molar-refractivity contribution in [1.29, 1.82) is 0 Å². The largest absolute Gasteiger partial charge is 0.398 e. The van der Waals surface area contributed by atoms with Crippen LogP contribution in [0.4, 0.5) is 5.69 Å². The van der Waals surface area contributed by atoms with Crippen LogP contribution in [0.1, 0.15) is 5.69 Å². The Kier molecular flexibility index (Phi) is 1.85. The van der Waals surface area contributed by atoms with Gasteiger partial charge in [0.05, 0.1) is 10.5 Å². The van der Waals surface area contributed by atoms with Crippen LogP contribution in [0.3, 0.4) is 0 Å². The number of pyridine rings is 1. The summed E-state index contributed by atoms with van der Waals surface area (Å²) in [6, 6.07) is 7.45. The second-order valence-electron chi connectivity index (χ2n) is 2.99. The van der Waals surface area contributed by atoms with E-state index in [-0.39, 0.29) is 0 Å². The molecule has 3 heteroatoms. The predicted molar refractivity (Wildman–Crippen MR) is 55.9 cm³/mol. The Hall–Kier alpha value is -1.28. The van der Waals surface area contributed by atoms with Crippen molar-refractivity contribution in [3.05, 3.63) is 35.0 Å². The minimum absolute atomic E-state index is 0.646. The lowest BCUT2D eigenvalue weighted by atomic mass is 10.1. The van der Waals surface area contributed by atoms with Crippen LogP contribution in [0.2, 0.25) is 5.02 Å². The summed E-state index contributed by atoms with van der Waals surface area (Å²) in [6.07, 6.45) is 0. The molecule has 0 aliphatic rings. The molecule has 1 heterocycles. The van der Waals surface area contributed by atoms with Crippen LogP contribution >= 0.6 is 11.6 Å².